The Morgan fingerprint density at radius 2 is 1.16 bits per heavy atom. The molecule has 0 radical (unpaired) electrons. The molecule has 0 aromatic rings. The lowest BCUT2D eigenvalue weighted by Gasteiger charge is -2.71. The first-order chi connectivity index (χ1) is 35.0. The van der Waals surface area contributed by atoms with Gasteiger partial charge in [0.05, 0.1) is 43.5 Å². The number of esters is 1. The zero-order chi connectivity index (χ0) is 54.9. The second-order valence-electron chi connectivity index (χ2n) is 25.8. The van der Waals surface area contributed by atoms with Gasteiger partial charge in [-0.1, -0.05) is 60.1 Å². The van der Waals surface area contributed by atoms with E-state index < -0.39 is 176 Å². The van der Waals surface area contributed by atoms with E-state index in [9.17, 15) is 71.2 Å². The fourth-order valence-electron chi connectivity index (χ4n) is 16.2. The predicted octanol–water partition coefficient (Wildman–Crippen LogP) is -1.40. The van der Waals surface area contributed by atoms with Gasteiger partial charge in [-0.2, -0.15) is 0 Å². The number of hydrogen-bond donors (Lipinski definition) is 13. The number of aliphatic hydroxyl groups excluding tert-OH is 13. The van der Waals surface area contributed by atoms with Crippen LogP contribution in [0, 0.1) is 50.2 Å². The Labute approximate surface area is 437 Å². The first kappa shape index (κ1) is 58.1. The Hall–Kier alpha value is -1.59. The molecule has 13 N–H and O–H groups in total. The van der Waals surface area contributed by atoms with Crippen LogP contribution in [0.5, 0.6) is 0 Å². The SMILES string of the molecule is C[C@@H]1O[C@@H](O[C@H]2[C@@H](O[C@H]3CC[C@@]4(C)[C@@H](CC[C@]5(C)[C@H]4CC=C4[C@@H]6[C@@H](O)C(C)(C)CC[C@@]6(C(=O)O[C@H]6O[C@H](CO)[C@H](O)[C@@H](O)[C@@H]6O)CC[C@]45C)C3(C)C)OC[C@H](O)[C@@H]2O[C@@H]2O[C@@H](CO)[C@H](O)[C@@H](O)[C@@H]2O)[C@@H](O)[C@H](O)[C@H]1O. The van der Waals surface area contributed by atoms with Crippen LogP contribution in [0.3, 0.4) is 0 Å². The molecule has 4 aliphatic heterocycles. The average Bonchev–Trinajstić information content (AvgIpc) is 3.38. The number of rotatable bonds is 10. The molecule has 4 heterocycles. The van der Waals surface area contributed by atoms with E-state index in [0.717, 1.165) is 24.8 Å². The Morgan fingerprint density at radius 3 is 1.79 bits per heavy atom. The standard InChI is InChI=1S/C53H86O22/c1-22-31(57)34(60)37(63)43(69-22)74-41-40(73-44-38(64)35(61)32(58)25(19-54)70-44)24(56)21-68-46(41)72-29-12-13-50(6)27(49(29,4)5)11-14-52(8)28(50)10-9-23-30-42(66)48(2,3)15-17-53(30,18-16-51(23,52)7)47(67)75-45-39(65)36(62)33(59)26(20-55)71-45/h9,22,24-46,54-66H,10-21H2,1-8H3/t22-,24-,25-,26+,27-,28-,29-,30+,31-,32-,33-,34+,35+,36+,37-,38-,39-,40-,41+,42+,43-,44-,45+,46+,50-,51+,52+,53+/m0/s1. The second-order valence-corrected chi connectivity index (χ2v) is 25.8. The van der Waals surface area contributed by atoms with Crippen LogP contribution in [0.25, 0.3) is 0 Å². The minimum absolute atomic E-state index is 0.0754. The molecule has 0 bridgehead atoms. The molecule has 9 aliphatic rings. The van der Waals surface area contributed by atoms with Crippen molar-refractivity contribution in [1.29, 1.82) is 0 Å². The summed E-state index contributed by atoms with van der Waals surface area (Å²) >= 11 is 0. The average molecular weight is 1080 g/mol. The molecule has 4 saturated heterocycles. The minimum Gasteiger partial charge on any atom is -0.432 e. The normalized spacial score (nSPS) is 54.5. The van der Waals surface area contributed by atoms with Gasteiger partial charge in [-0.05, 0) is 104 Å². The van der Waals surface area contributed by atoms with Crippen molar-refractivity contribution in [3.63, 3.8) is 0 Å². The first-order valence-electron chi connectivity index (χ1n) is 27.2. The third-order valence-electron chi connectivity index (χ3n) is 21.2. The first-order valence-corrected chi connectivity index (χ1v) is 27.2. The topological polar surface area (TPSA) is 354 Å². The van der Waals surface area contributed by atoms with E-state index in [2.05, 4.69) is 40.7 Å². The number of carbonyl (C=O) groups excluding carboxylic acids is 1. The van der Waals surface area contributed by atoms with Gasteiger partial charge in [-0.3, -0.25) is 4.79 Å². The molecule has 430 valence electrons. The molecule has 9 rings (SSSR count). The molecule has 28 atom stereocenters. The molecule has 0 aromatic carbocycles. The van der Waals surface area contributed by atoms with E-state index in [0.29, 0.717) is 38.5 Å². The van der Waals surface area contributed by atoms with Crippen LogP contribution in [0.4, 0.5) is 0 Å². The largest absolute Gasteiger partial charge is 0.432 e. The third kappa shape index (κ3) is 9.21. The lowest BCUT2D eigenvalue weighted by atomic mass is 9.33. The van der Waals surface area contributed by atoms with Gasteiger partial charge in [0.25, 0.3) is 0 Å². The highest BCUT2D eigenvalue weighted by molar-refractivity contribution is 5.79. The summed E-state index contributed by atoms with van der Waals surface area (Å²) in [6.07, 6.45) is -23.5. The molecule has 0 unspecified atom stereocenters. The molecule has 22 heteroatoms. The summed E-state index contributed by atoms with van der Waals surface area (Å²) in [5, 5.41) is 140. The van der Waals surface area contributed by atoms with Crippen LogP contribution < -0.4 is 0 Å². The van der Waals surface area contributed by atoms with Crippen molar-refractivity contribution < 1.29 is 109 Å². The molecule has 75 heavy (non-hydrogen) atoms. The maximum absolute atomic E-state index is 14.8. The summed E-state index contributed by atoms with van der Waals surface area (Å²) in [5.74, 6) is -1.09. The van der Waals surface area contributed by atoms with Crippen LogP contribution in [-0.2, 0) is 42.7 Å². The summed E-state index contributed by atoms with van der Waals surface area (Å²) in [6.45, 7) is 15.0. The van der Waals surface area contributed by atoms with Gasteiger partial charge in [0.15, 0.2) is 18.9 Å². The van der Waals surface area contributed by atoms with E-state index >= 15 is 0 Å². The zero-order valence-electron chi connectivity index (χ0n) is 44.4. The van der Waals surface area contributed by atoms with Crippen molar-refractivity contribution in [2.24, 2.45) is 50.2 Å². The fraction of sp³-hybridized carbons (Fsp3) is 0.943. The fourth-order valence-corrected chi connectivity index (χ4v) is 16.2. The van der Waals surface area contributed by atoms with Gasteiger partial charge in [0, 0.05) is 5.92 Å². The van der Waals surface area contributed by atoms with Crippen molar-refractivity contribution in [3.05, 3.63) is 11.6 Å². The number of fused-ring (bicyclic) bond motifs is 7. The molecule has 8 fully saturated rings. The quantitative estimate of drug-likeness (QED) is 0.0680. The van der Waals surface area contributed by atoms with Crippen molar-refractivity contribution >= 4 is 5.97 Å². The van der Waals surface area contributed by atoms with Gasteiger partial charge in [0.1, 0.15) is 85.5 Å². The summed E-state index contributed by atoms with van der Waals surface area (Å²) in [7, 11) is 0. The molecule has 0 aromatic heterocycles. The van der Waals surface area contributed by atoms with E-state index in [1.165, 1.54) is 6.92 Å². The molecule has 4 saturated carbocycles. The maximum Gasteiger partial charge on any atom is 0.315 e. The summed E-state index contributed by atoms with van der Waals surface area (Å²) in [5.41, 5.74) is -2.34. The molecule has 5 aliphatic carbocycles. The van der Waals surface area contributed by atoms with Gasteiger partial charge in [-0.15, -0.1) is 0 Å². The molecular weight excluding hydrogens is 989 g/mol. The van der Waals surface area contributed by atoms with Gasteiger partial charge >= 0.3 is 5.97 Å². The number of allylic oxidation sites excluding steroid dienone is 1. The highest BCUT2D eigenvalue weighted by atomic mass is 16.8. The predicted molar refractivity (Wildman–Crippen MR) is 257 cm³/mol. The number of aliphatic hydroxyl groups is 13. The summed E-state index contributed by atoms with van der Waals surface area (Å²) < 4.78 is 48.8. The van der Waals surface area contributed by atoms with E-state index in [4.69, 9.17) is 37.9 Å². The number of hydrogen-bond acceptors (Lipinski definition) is 22. The number of carbonyl (C=O) groups is 1. The lowest BCUT2D eigenvalue weighted by molar-refractivity contribution is -0.388. The van der Waals surface area contributed by atoms with Gasteiger partial charge in [-0.25, -0.2) is 0 Å². The Morgan fingerprint density at radius 1 is 0.600 bits per heavy atom. The van der Waals surface area contributed by atoms with Gasteiger partial charge < -0.3 is 104 Å². The molecule has 22 nitrogen and oxygen atoms in total. The maximum atomic E-state index is 14.8. The van der Waals surface area contributed by atoms with Crippen molar-refractivity contribution in [1.82, 2.24) is 0 Å². The van der Waals surface area contributed by atoms with E-state index in [-0.39, 0.29) is 29.3 Å². The Bertz CT molecular complexity index is 2070. The number of ether oxygens (including phenoxy) is 8. The zero-order valence-corrected chi connectivity index (χ0v) is 44.4. The highest BCUT2D eigenvalue weighted by Gasteiger charge is 2.71. The lowest BCUT2D eigenvalue weighted by Crippen LogP contribution is -2.68. The van der Waals surface area contributed by atoms with Crippen LogP contribution in [0.2, 0.25) is 0 Å². The van der Waals surface area contributed by atoms with Crippen molar-refractivity contribution in [2.75, 3.05) is 19.8 Å². The van der Waals surface area contributed by atoms with Crippen LogP contribution in [-0.4, -0.2) is 221 Å². The minimum atomic E-state index is -1.84. The molecule has 0 spiro atoms. The van der Waals surface area contributed by atoms with Gasteiger partial charge in [0.2, 0.25) is 6.29 Å². The van der Waals surface area contributed by atoms with E-state index in [1.807, 2.05) is 13.8 Å². The van der Waals surface area contributed by atoms with Crippen LogP contribution in [0.1, 0.15) is 113 Å². The van der Waals surface area contributed by atoms with Crippen LogP contribution >= 0.6 is 0 Å². The van der Waals surface area contributed by atoms with E-state index in [1.54, 1.807) is 0 Å². The second kappa shape index (κ2) is 20.7. The third-order valence-corrected chi connectivity index (χ3v) is 21.2. The van der Waals surface area contributed by atoms with Crippen molar-refractivity contribution in [3.8, 4) is 0 Å². The molecule has 0 amide bonds. The van der Waals surface area contributed by atoms with Crippen LogP contribution in [0.15, 0.2) is 11.6 Å². The monoisotopic (exact) mass is 1070 g/mol. The van der Waals surface area contributed by atoms with Crippen molar-refractivity contribution in [2.45, 2.75) is 242 Å². The molecular formula is C53H86O22. The summed E-state index contributed by atoms with van der Waals surface area (Å²) in [4.78, 5) is 14.8. The Kier molecular flexibility index (Phi) is 16.1. The highest BCUT2D eigenvalue weighted by Crippen LogP contribution is 2.76. The smallest absolute Gasteiger partial charge is 0.315 e. The Balaban J connectivity index is 0.984. The summed E-state index contributed by atoms with van der Waals surface area (Å²) in [6, 6.07) is 0.